The van der Waals surface area contributed by atoms with Gasteiger partial charge < -0.3 is 24.6 Å². The van der Waals surface area contributed by atoms with E-state index in [-0.39, 0.29) is 12.5 Å². The molecule has 106 valence electrons. The number of rotatable bonds is 7. The minimum Gasteiger partial charge on any atom is -0.496 e. The number of hydrogen-bond acceptors (Lipinski definition) is 5. The molecule has 0 aromatic heterocycles. The van der Waals surface area contributed by atoms with Gasteiger partial charge in [-0.1, -0.05) is 0 Å². The molecule has 0 saturated heterocycles. The summed E-state index contributed by atoms with van der Waals surface area (Å²) in [7, 11) is 6.28. The lowest BCUT2D eigenvalue weighted by Gasteiger charge is -2.20. The first-order chi connectivity index (χ1) is 9.07. The van der Waals surface area contributed by atoms with Gasteiger partial charge in [-0.05, 0) is 13.1 Å². The molecule has 0 radical (unpaired) electrons. The van der Waals surface area contributed by atoms with Gasteiger partial charge in [-0.3, -0.25) is 4.79 Å². The lowest BCUT2D eigenvalue weighted by Crippen LogP contribution is -2.20. The molecule has 6 nitrogen and oxygen atoms in total. The first-order valence-electron chi connectivity index (χ1n) is 5.76. The van der Waals surface area contributed by atoms with E-state index in [1.54, 1.807) is 19.2 Å². The molecule has 0 fully saturated rings. The third-order valence-corrected chi connectivity index (χ3v) is 2.84. The number of nitrogens with one attached hydrogen (secondary N) is 1. The number of carbonyl (C=O) groups is 1. The predicted molar refractivity (Wildman–Crippen MR) is 70.2 cm³/mol. The number of methoxy groups -OCH3 is 3. The van der Waals surface area contributed by atoms with Crippen molar-refractivity contribution >= 4 is 5.97 Å². The molecular weight excluding hydrogens is 250 g/mol. The van der Waals surface area contributed by atoms with Crippen molar-refractivity contribution < 1.29 is 24.1 Å². The van der Waals surface area contributed by atoms with Gasteiger partial charge in [-0.15, -0.1) is 0 Å². The molecule has 0 bridgehead atoms. The van der Waals surface area contributed by atoms with Gasteiger partial charge >= 0.3 is 5.97 Å². The van der Waals surface area contributed by atoms with E-state index in [9.17, 15) is 4.79 Å². The van der Waals surface area contributed by atoms with Gasteiger partial charge in [0.05, 0.1) is 27.8 Å². The maximum absolute atomic E-state index is 10.9. The van der Waals surface area contributed by atoms with Crippen LogP contribution in [0.15, 0.2) is 12.1 Å². The first-order valence-corrected chi connectivity index (χ1v) is 5.76. The highest BCUT2D eigenvalue weighted by molar-refractivity contribution is 5.68. The van der Waals surface area contributed by atoms with Gasteiger partial charge in [0.1, 0.15) is 5.75 Å². The summed E-state index contributed by atoms with van der Waals surface area (Å²) in [6, 6.07) is 3.04. The second kappa shape index (κ2) is 6.84. The summed E-state index contributed by atoms with van der Waals surface area (Å²) in [5.74, 6) is 0.728. The van der Waals surface area contributed by atoms with Gasteiger partial charge in [0.2, 0.25) is 0 Å². The van der Waals surface area contributed by atoms with Gasteiger partial charge in [0, 0.05) is 17.7 Å². The fourth-order valence-electron chi connectivity index (χ4n) is 1.87. The van der Waals surface area contributed by atoms with E-state index >= 15 is 0 Å². The smallest absolute Gasteiger partial charge is 0.305 e. The van der Waals surface area contributed by atoms with Crippen LogP contribution < -0.4 is 19.5 Å². The fraction of sp³-hybridized carbons (Fsp3) is 0.462. The van der Waals surface area contributed by atoms with E-state index in [4.69, 9.17) is 19.3 Å². The normalized spacial score (nSPS) is 11.8. The second-order valence-electron chi connectivity index (χ2n) is 3.89. The van der Waals surface area contributed by atoms with Crippen LogP contribution >= 0.6 is 0 Å². The number of carboxylic acid groups (broad SMARTS) is 1. The summed E-state index contributed by atoms with van der Waals surface area (Å²) < 4.78 is 15.7. The number of aliphatic carboxylic acids is 1. The Morgan fingerprint density at radius 3 is 2.11 bits per heavy atom. The maximum atomic E-state index is 10.9. The Morgan fingerprint density at radius 1 is 1.16 bits per heavy atom. The van der Waals surface area contributed by atoms with Crippen LogP contribution in [0.5, 0.6) is 17.2 Å². The summed E-state index contributed by atoms with van der Waals surface area (Å²) in [6.45, 7) is 0. The van der Waals surface area contributed by atoms with Crippen LogP contribution in [0.3, 0.4) is 0 Å². The largest absolute Gasteiger partial charge is 0.496 e. The highest BCUT2D eigenvalue weighted by Crippen LogP contribution is 2.38. The van der Waals surface area contributed by atoms with Gasteiger partial charge in [0.25, 0.3) is 0 Å². The zero-order chi connectivity index (χ0) is 14.4. The number of carboxylic acids is 1. The van der Waals surface area contributed by atoms with Crippen molar-refractivity contribution in [2.75, 3.05) is 28.4 Å². The number of benzene rings is 1. The summed E-state index contributed by atoms with van der Waals surface area (Å²) in [6.07, 6.45) is -0.0532. The van der Waals surface area contributed by atoms with Crippen molar-refractivity contribution in [3.8, 4) is 17.2 Å². The van der Waals surface area contributed by atoms with Crippen LogP contribution in [-0.2, 0) is 4.79 Å². The van der Waals surface area contributed by atoms with Gasteiger partial charge in [0.15, 0.2) is 11.5 Å². The molecule has 1 unspecified atom stereocenters. The molecule has 1 rings (SSSR count). The Kier molecular flexibility index (Phi) is 5.44. The van der Waals surface area contributed by atoms with Crippen LogP contribution in [0.25, 0.3) is 0 Å². The lowest BCUT2D eigenvalue weighted by molar-refractivity contribution is -0.137. The summed E-state index contributed by atoms with van der Waals surface area (Å²) in [5.41, 5.74) is 0.713. The minimum atomic E-state index is -0.892. The quantitative estimate of drug-likeness (QED) is 0.780. The van der Waals surface area contributed by atoms with Crippen molar-refractivity contribution in [3.63, 3.8) is 0 Å². The van der Waals surface area contributed by atoms with Crippen molar-refractivity contribution in [1.82, 2.24) is 5.32 Å². The van der Waals surface area contributed by atoms with Crippen LogP contribution in [0.1, 0.15) is 18.0 Å². The molecule has 19 heavy (non-hydrogen) atoms. The lowest BCUT2D eigenvalue weighted by atomic mass is 10.0. The van der Waals surface area contributed by atoms with Crippen molar-refractivity contribution in [3.05, 3.63) is 17.7 Å². The van der Waals surface area contributed by atoms with Crippen molar-refractivity contribution in [2.24, 2.45) is 0 Å². The fourth-order valence-corrected chi connectivity index (χ4v) is 1.87. The third-order valence-electron chi connectivity index (χ3n) is 2.84. The average molecular weight is 269 g/mol. The van der Waals surface area contributed by atoms with Crippen LogP contribution in [0.4, 0.5) is 0 Å². The molecule has 6 heteroatoms. The molecule has 0 amide bonds. The van der Waals surface area contributed by atoms with E-state index < -0.39 is 5.97 Å². The minimum absolute atomic E-state index is 0.0532. The molecule has 0 heterocycles. The highest BCUT2D eigenvalue weighted by Gasteiger charge is 2.20. The van der Waals surface area contributed by atoms with Gasteiger partial charge in [-0.2, -0.15) is 0 Å². The zero-order valence-corrected chi connectivity index (χ0v) is 11.5. The molecule has 0 saturated carbocycles. The van der Waals surface area contributed by atoms with E-state index in [2.05, 4.69) is 5.32 Å². The number of ether oxygens (including phenoxy) is 3. The van der Waals surface area contributed by atoms with Crippen LogP contribution in [0.2, 0.25) is 0 Å². The Balaban J connectivity index is 3.26. The Bertz CT molecular complexity index is 447. The van der Waals surface area contributed by atoms with Crippen molar-refractivity contribution in [1.29, 1.82) is 0 Å². The zero-order valence-electron chi connectivity index (χ0n) is 11.5. The molecule has 0 aliphatic heterocycles. The Hall–Kier alpha value is -1.95. The third kappa shape index (κ3) is 3.51. The van der Waals surface area contributed by atoms with Crippen LogP contribution in [-0.4, -0.2) is 39.5 Å². The second-order valence-corrected chi connectivity index (χ2v) is 3.89. The maximum Gasteiger partial charge on any atom is 0.305 e. The molecule has 0 aliphatic carbocycles. The Morgan fingerprint density at radius 2 is 1.68 bits per heavy atom. The molecule has 1 atom stereocenters. The standard InChI is InChI=1S/C13H19NO5/c1-14-9(6-13(15)16)8-5-11(18-3)12(19-4)7-10(8)17-2/h5,7,9,14H,6H2,1-4H3,(H,15,16). The van der Waals surface area contributed by atoms with Gasteiger partial charge in [-0.25, -0.2) is 0 Å². The predicted octanol–water partition coefficient (Wildman–Crippen LogP) is 1.45. The molecule has 2 N–H and O–H groups in total. The monoisotopic (exact) mass is 269 g/mol. The molecule has 1 aromatic rings. The highest BCUT2D eigenvalue weighted by atomic mass is 16.5. The van der Waals surface area contributed by atoms with E-state index in [0.29, 0.717) is 22.8 Å². The van der Waals surface area contributed by atoms with Crippen molar-refractivity contribution in [2.45, 2.75) is 12.5 Å². The Labute approximate surface area is 112 Å². The van der Waals surface area contributed by atoms with E-state index in [1.807, 2.05) is 0 Å². The molecule has 0 aliphatic rings. The van der Waals surface area contributed by atoms with Crippen LogP contribution in [0, 0.1) is 0 Å². The van der Waals surface area contributed by atoms with E-state index in [1.165, 1.54) is 21.3 Å². The summed E-state index contributed by atoms with van der Waals surface area (Å²) in [5, 5.41) is 11.9. The molecular formula is C13H19NO5. The topological polar surface area (TPSA) is 77.0 Å². The summed E-state index contributed by atoms with van der Waals surface area (Å²) in [4.78, 5) is 10.9. The number of hydrogen-bond donors (Lipinski definition) is 2. The average Bonchev–Trinajstić information content (AvgIpc) is 2.42. The SMILES string of the molecule is CNC(CC(=O)O)c1cc(OC)c(OC)cc1OC. The molecule has 1 aromatic carbocycles. The van der Waals surface area contributed by atoms with E-state index in [0.717, 1.165) is 0 Å². The molecule has 0 spiro atoms. The summed E-state index contributed by atoms with van der Waals surface area (Å²) >= 11 is 0. The first kappa shape index (κ1) is 15.1.